The standard InChI is InChI=1S/C19H32N/c1-17(2)18(3)15-20(13-9-4-5-10-14-20)16-19-11-7-6-8-12-19/h6-8,11-12,17-18H,4-5,9-10,13-16H2,1-3H3/q+1. The third-order valence-corrected chi connectivity index (χ3v) is 5.19. The van der Waals surface area contributed by atoms with E-state index in [1.165, 1.54) is 61.9 Å². The Morgan fingerprint density at radius 2 is 1.50 bits per heavy atom. The van der Waals surface area contributed by atoms with E-state index in [9.17, 15) is 0 Å². The molecule has 20 heavy (non-hydrogen) atoms. The van der Waals surface area contributed by atoms with Gasteiger partial charge in [0.05, 0.1) is 19.6 Å². The van der Waals surface area contributed by atoms with Gasteiger partial charge in [0.1, 0.15) is 6.54 Å². The van der Waals surface area contributed by atoms with Gasteiger partial charge in [-0.15, -0.1) is 0 Å². The zero-order chi connectivity index (χ0) is 14.4. The topological polar surface area (TPSA) is 0 Å². The van der Waals surface area contributed by atoms with E-state index in [4.69, 9.17) is 0 Å². The van der Waals surface area contributed by atoms with E-state index in [1.807, 2.05) is 0 Å². The molecule has 1 heteroatoms. The molecule has 1 aromatic rings. The van der Waals surface area contributed by atoms with Crippen molar-refractivity contribution in [1.82, 2.24) is 0 Å². The second kappa shape index (κ2) is 7.26. The second-order valence-corrected chi connectivity index (χ2v) is 7.25. The van der Waals surface area contributed by atoms with Gasteiger partial charge in [-0.1, -0.05) is 51.1 Å². The van der Waals surface area contributed by atoms with Crippen LogP contribution in [0.5, 0.6) is 0 Å². The van der Waals surface area contributed by atoms with Crippen LogP contribution >= 0.6 is 0 Å². The summed E-state index contributed by atoms with van der Waals surface area (Å²) in [5, 5.41) is 0. The molecule has 0 N–H and O–H groups in total. The van der Waals surface area contributed by atoms with Crippen molar-refractivity contribution in [2.75, 3.05) is 19.6 Å². The van der Waals surface area contributed by atoms with E-state index in [0.717, 1.165) is 11.8 Å². The predicted octanol–water partition coefficient (Wildman–Crippen LogP) is 4.87. The van der Waals surface area contributed by atoms with Gasteiger partial charge >= 0.3 is 0 Å². The Labute approximate surface area is 125 Å². The monoisotopic (exact) mass is 274 g/mol. The Balaban J connectivity index is 2.14. The van der Waals surface area contributed by atoms with Gasteiger partial charge in [0, 0.05) is 11.5 Å². The lowest BCUT2D eigenvalue weighted by Gasteiger charge is -2.41. The Morgan fingerprint density at radius 1 is 0.900 bits per heavy atom. The van der Waals surface area contributed by atoms with Crippen molar-refractivity contribution in [3.05, 3.63) is 35.9 Å². The molecule has 0 aromatic heterocycles. The van der Waals surface area contributed by atoms with E-state index < -0.39 is 0 Å². The maximum absolute atomic E-state index is 2.44. The van der Waals surface area contributed by atoms with Gasteiger partial charge in [-0.2, -0.15) is 0 Å². The molecule has 1 unspecified atom stereocenters. The van der Waals surface area contributed by atoms with Crippen LogP contribution in [0.1, 0.15) is 52.0 Å². The summed E-state index contributed by atoms with van der Waals surface area (Å²) in [6.07, 6.45) is 5.70. The zero-order valence-corrected chi connectivity index (χ0v) is 13.6. The molecule has 1 aromatic carbocycles. The minimum atomic E-state index is 0.795. The molecular weight excluding hydrogens is 242 g/mol. The van der Waals surface area contributed by atoms with E-state index in [1.54, 1.807) is 0 Å². The Morgan fingerprint density at radius 3 is 2.05 bits per heavy atom. The van der Waals surface area contributed by atoms with Crippen molar-refractivity contribution in [2.24, 2.45) is 11.8 Å². The SMILES string of the molecule is CC(C)C(C)C[N+]1(Cc2ccccc2)CCCCCC1. The molecule has 1 nitrogen and oxygen atoms in total. The van der Waals surface area contributed by atoms with Crippen LogP contribution in [0.15, 0.2) is 30.3 Å². The van der Waals surface area contributed by atoms with Gasteiger partial charge in [-0.05, 0) is 31.6 Å². The molecule has 1 aliphatic rings. The number of hydrogen-bond donors (Lipinski definition) is 0. The Bertz CT molecular complexity index is 374. The molecule has 0 spiro atoms. The van der Waals surface area contributed by atoms with E-state index >= 15 is 0 Å². The molecular formula is C19H32N+. The lowest BCUT2D eigenvalue weighted by Crippen LogP contribution is -2.51. The summed E-state index contributed by atoms with van der Waals surface area (Å²) in [5.41, 5.74) is 1.52. The van der Waals surface area contributed by atoms with Crippen molar-refractivity contribution in [3.8, 4) is 0 Å². The third kappa shape index (κ3) is 4.34. The molecule has 0 bridgehead atoms. The number of hydrogen-bond acceptors (Lipinski definition) is 0. The van der Waals surface area contributed by atoms with Gasteiger partial charge < -0.3 is 4.48 Å². The summed E-state index contributed by atoms with van der Waals surface area (Å²) in [5.74, 6) is 1.61. The molecule has 0 radical (unpaired) electrons. The summed E-state index contributed by atoms with van der Waals surface area (Å²) in [4.78, 5) is 0. The number of nitrogens with zero attached hydrogens (tertiary/aromatic N) is 1. The van der Waals surface area contributed by atoms with Gasteiger partial charge in [-0.3, -0.25) is 0 Å². The van der Waals surface area contributed by atoms with Gasteiger partial charge in [0.2, 0.25) is 0 Å². The first-order valence-electron chi connectivity index (χ1n) is 8.50. The van der Waals surface area contributed by atoms with Crippen molar-refractivity contribution >= 4 is 0 Å². The lowest BCUT2D eigenvalue weighted by molar-refractivity contribution is -0.943. The van der Waals surface area contributed by atoms with Crippen LogP contribution in [0.3, 0.4) is 0 Å². The van der Waals surface area contributed by atoms with Crippen LogP contribution in [0.25, 0.3) is 0 Å². The zero-order valence-electron chi connectivity index (χ0n) is 13.6. The first-order chi connectivity index (χ1) is 9.61. The first kappa shape index (κ1) is 15.6. The average molecular weight is 274 g/mol. The fraction of sp³-hybridized carbons (Fsp3) is 0.684. The quantitative estimate of drug-likeness (QED) is 0.672. The van der Waals surface area contributed by atoms with Gasteiger partial charge in [-0.25, -0.2) is 0 Å². The number of likely N-dealkylation sites (tertiary alicyclic amines) is 1. The van der Waals surface area contributed by atoms with Crippen LogP contribution < -0.4 is 0 Å². The molecule has 0 aliphatic carbocycles. The summed E-state index contributed by atoms with van der Waals surface area (Å²) in [6, 6.07) is 11.1. The Kier molecular flexibility index (Phi) is 5.65. The summed E-state index contributed by atoms with van der Waals surface area (Å²) in [6.45, 7) is 12.5. The van der Waals surface area contributed by atoms with Crippen LogP contribution in [0.2, 0.25) is 0 Å². The largest absolute Gasteiger partial charge is 0.320 e. The van der Waals surface area contributed by atoms with Crippen LogP contribution in [0, 0.1) is 11.8 Å². The Hall–Kier alpha value is -0.820. The predicted molar refractivity (Wildman–Crippen MR) is 87.5 cm³/mol. The van der Waals surface area contributed by atoms with Crippen molar-refractivity contribution in [2.45, 2.75) is 53.0 Å². The number of benzene rings is 1. The first-order valence-corrected chi connectivity index (χ1v) is 8.50. The number of rotatable bonds is 5. The molecule has 1 heterocycles. The van der Waals surface area contributed by atoms with E-state index in [-0.39, 0.29) is 0 Å². The summed E-state index contributed by atoms with van der Waals surface area (Å²) >= 11 is 0. The van der Waals surface area contributed by atoms with Gasteiger partial charge in [0.25, 0.3) is 0 Å². The highest BCUT2D eigenvalue weighted by Gasteiger charge is 2.31. The van der Waals surface area contributed by atoms with Crippen LogP contribution in [-0.4, -0.2) is 24.1 Å². The van der Waals surface area contributed by atoms with E-state index in [2.05, 4.69) is 51.1 Å². The lowest BCUT2D eigenvalue weighted by atomic mass is 9.95. The van der Waals surface area contributed by atoms with Crippen molar-refractivity contribution < 1.29 is 4.48 Å². The maximum Gasteiger partial charge on any atom is 0.104 e. The molecule has 1 aliphatic heterocycles. The second-order valence-electron chi connectivity index (χ2n) is 7.25. The highest BCUT2D eigenvalue weighted by Crippen LogP contribution is 2.26. The van der Waals surface area contributed by atoms with Crippen molar-refractivity contribution in [1.29, 1.82) is 0 Å². The van der Waals surface area contributed by atoms with Crippen molar-refractivity contribution in [3.63, 3.8) is 0 Å². The molecule has 2 rings (SSSR count). The van der Waals surface area contributed by atoms with Crippen LogP contribution in [-0.2, 0) is 6.54 Å². The minimum absolute atomic E-state index is 0.795. The number of quaternary nitrogens is 1. The normalized spacial score (nSPS) is 20.6. The summed E-state index contributed by atoms with van der Waals surface area (Å²) in [7, 11) is 0. The molecule has 1 fully saturated rings. The fourth-order valence-electron chi connectivity index (χ4n) is 3.56. The van der Waals surface area contributed by atoms with Crippen LogP contribution in [0.4, 0.5) is 0 Å². The van der Waals surface area contributed by atoms with Gasteiger partial charge in [0.15, 0.2) is 0 Å². The molecule has 0 amide bonds. The fourth-order valence-corrected chi connectivity index (χ4v) is 3.56. The molecule has 112 valence electrons. The highest BCUT2D eigenvalue weighted by molar-refractivity contribution is 5.13. The smallest absolute Gasteiger partial charge is 0.104 e. The minimum Gasteiger partial charge on any atom is -0.320 e. The molecule has 0 saturated carbocycles. The van der Waals surface area contributed by atoms with E-state index in [0.29, 0.717) is 0 Å². The molecule has 1 atom stereocenters. The third-order valence-electron chi connectivity index (χ3n) is 5.19. The summed E-state index contributed by atoms with van der Waals surface area (Å²) < 4.78 is 1.32. The average Bonchev–Trinajstić information content (AvgIpc) is 2.65. The molecule has 1 saturated heterocycles. The maximum atomic E-state index is 2.44. The highest BCUT2D eigenvalue weighted by atomic mass is 15.4.